The number of aromatic nitrogens is 3. The third-order valence-corrected chi connectivity index (χ3v) is 5.27. The number of fused-ring (bicyclic) bond motifs is 1. The first-order chi connectivity index (χ1) is 12.1. The fourth-order valence-electron chi connectivity index (χ4n) is 2.90. The van der Waals surface area contributed by atoms with E-state index in [0.29, 0.717) is 11.8 Å². The SMILES string of the molecule is Cc1nnc(SCC(=O)N[C@@H](C)c2cc3ccccc3o2)n1C1CC1. The monoisotopic (exact) mass is 356 g/mol. The fraction of sp³-hybridized carbons (Fsp3) is 0.389. The van der Waals surface area contributed by atoms with Crippen molar-refractivity contribution >= 4 is 28.6 Å². The van der Waals surface area contributed by atoms with Crippen molar-refractivity contribution in [3.05, 3.63) is 41.9 Å². The molecule has 6 nitrogen and oxygen atoms in total. The van der Waals surface area contributed by atoms with Crippen LogP contribution < -0.4 is 5.32 Å². The molecule has 2 heterocycles. The molecule has 25 heavy (non-hydrogen) atoms. The normalized spacial score (nSPS) is 15.4. The van der Waals surface area contributed by atoms with E-state index in [0.717, 1.165) is 27.7 Å². The minimum absolute atomic E-state index is 0.0408. The van der Waals surface area contributed by atoms with Crippen LogP contribution in [-0.2, 0) is 4.79 Å². The van der Waals surface area contributed by atoms with Crippen LogP contribution in [0.15, 0.2) is 39.9 Å². The van der Waals surface area contributed by atoms with Gasteiger partial charge < -0.3 is 14.3 Å². The summed E-state index contributed by atoms with van der Waals surface area (Å²) < 4.78 is 7.95. The second kappa shape index (κ2) is 6.55. The number of hydrogen-bond donors (Lipinski definition) is 1. The molecule has 0 spiro atoms. The van der Waals surface area contributed by atoms with Crippen molar-refractivity contribution in [1.29, 1.82) is 0 Å². The zero-order chi connectivity index (χ0) is 17.4. The molecule has 2 aromatic heterocycles. The molecule has 0 radical (unpaired) electrons. The third-order valence-electron chi connectivity index (χ3n) is 4.33. The van der Waals surface area contributed by atoms with Crippen LogP contribution >= 0.6 is 11.8 Å². The van der Waals surface area contributed by atoms with Crippen molar-refractivity contribution < 1.29 is 9.21 Å². The third kappa shape index (κ3) is 3.42. The van der Waals surface area contributed by atoms with Crippen molar-refractivity contribution in [3.63, 3.8) is 0 Å². The lowest BCUT2D eigenvalue weighted by molar-refractivity contribution is -0.119. The number of rotatable bonds is 6. The van der Waals surface area contributed by atoms with Crippen LogP contribution in [-0.4, -0.2) is 26.4 Å². The number of thioether (sulfide) groups is 1. The van der Waals surface area contributed by atoms with E-state index in [2.05, 4.69) is 20.1 Å². The smallest absolute Gasteiger partial charge is 0.231 e. The van der Waals surface area contributed by atoms with E-state index in [1.165, 1.54) is 24.6 Å². The summed E-state index contributed by atoms with van der Waals surface area (Å²) in [5.74, 6) is 1.95. The number of para-hydroxylation sites is 1. The molecule has 1 fully saturated rings. The molecule has 1 N–H and O–H groups in total. The number of aryl methyl sites for hydroxylation is 1. The van der Waals surface area contributed by atoms with Crippen molar-refractivity contribution in [3.8, 4) is 0 Å². The Morgan fingerprint density at radius 3 is 2.96 bits per heavy atom. The molecule has 0 unspecified atom stereocenters. The van der Waals surface area contributed by atoms with E-state index in [4.69, 9.17) is 4.42 Å². The lowest BCUT2D eigenvalue weighted by Crippen LogP contribution is -2.28. The summed E-state index contributed by atoms with van der Waals surface area (Å²) in [6.07, 6.45) is 2.34. The second-order valence-corrected chi connectivity index (χ2v) is 7.34. The molecular formula is C18H20N4O2S. The second-order valence-electron chi connectivity index (χ2n) is 6.40. The predicted octanol–water partition coefficient (Wildman–Crippen LogP) is 3.64. The number of nitrogens with one attached hydrogen (secondary N) is 1. The summed E-state index contributed by atoms with van der Waals surface area (Å²) in [5, 5.41) is 13.2. The van der Waals surface area contributed by atoms with Crippen molar-refractivity contribution in [1.82, 2.24) is 20.1 Å². The number of carbonyl (C=O) groups is 1. The van der Waals surface area contributed by atoms with Gasteiger partial charge in [-0.25, -0.2) is 0 Å². The molecule has 1 amide bonds. The maximum absolute atomic E-state index is 12.3. The van der Waals surface area contributed by atoms with Crippen LogP contribution in [0.25, 0.3) is 11.0 Å². The Labute approximate surface area is 150 Å². The number of nitrogens with zero attached hydrogens (tertiary/aromatic N) is 3. The van der Waals surface area contributed by atoms with Crippen LogP contribution in [0.5, 0.6) is 0 Å². The first-order valence-electron chi connectivity index (χ1n) is 8.44. The summed E-state index contributed by atoms with van der Waals surface area (Å²) in [5.41, 5.74) is 0.834. The predicted molar refractivity (Wildman–Crippen MR) is 96.5 cm³/mol. The number of carbonyl (C=O) groups excluding carboxylic acids is 1. The van der Waals surface area contributed by atoms with Crippen LogP contribution in [0.3, 0.4) is 0 Å². The van der Waals surface area contributed by atoms with E-state index in [1.54, 1.807) is 0 Å². The quantitative estimate of drug-likeness (QED) is 0.683. The maximum atomic E-state index is 12.3. The largest absolute Gasteiger partial charge is 0.459 e. The summed E-state index contributed by atoms with van der Waals surface area (Å²) in [6, 6.07) is 10.1. The lowest BCUT2D eigenvalue weighted by atomic mass is 10.2. The van der Waals surface area contributed by atoms with Gasteiger partial charge in [0.05, 0.1) is 11.8 Å². The van der Waals surface area contributed by atoms with E-state index in [9.17, 15) is 4.79 Å². The van der Waals surface area contributed by atoms with Crippen molar-refractivity contribution in [2.24, 2.45) is 0 Å². The van der Waals surface area contributed by atoms with Gasteiger partial charge in [-0.2, -0.15) is 0 Å². The highest BCUT2D eigenvalue weighted by Crippen LogP contribution is 2.38. The zero-order valence-corrected chi connectivity index (χ0v) is 15.0. The summed E-state index contributed by atoms with van der Waals surface area (Å²) >= 11 is 1.43. The van der Waals surface area contributed by atoms with Gasteiger partial charge in [0, 0.05) is 11.4 Å². The van der Waals surface area contributed by atoms with Crippen LogP contribution in [0.2, 0.25) is 0 Å². The van der Waals surface area contributed by atoms with Crippen LogP contribution in [0.1, 0.15) is 43.4 Å². The molecule has 130 valence electrons. The van der Waals surface area contributed by atoms with Gasteiger partial charge in [0.25, 0.3) is 0 Å². The molecule has 0 bridgehead atoms. The molecule has 1 aliphatic carbocycles. The summed E-state index contributed by atoms with van der Waals surface area (Å²) in [7, 11) is 0. The number of furan rings is 1. The molecule has 1 aliphatic rings. The average molecular weight is 356 g/mol. The van der Waals surface area contributed by atoms with Crippen LogP contribution in [0.4, 0.5) is 0 Å². The highest BCUT2D eigenvalue weighted by Gasteiger charge is 2.28. The van der Waals surface area contributed by atoms with Gasteiger partial charge in [-0.05, 0) is 38.8 Å². The van der Waals surface area contributed by atoms with Crippen molar-refractivity contribution in [2.45, 2.75) is 43.9 Å². The van der Waals surface area contributed by atoms with Gasteiger partial charge in [-0.15, -0.1) is 10.2 Å². The van der Waals surface area contributed by atoms with Gasteiger partial charge in [0.15, 0.2) is 5.16 Å². The first kappa shape index (κ1) is 16.2. The zero-order valence-electron chi connectivity index (χ0n) is 14.2. The number of benzene rings is 1. The standard InChI is InChI=1S/C18H20N4O2S/c1-11(16-9-13-5-3-4-6-15(13)24-16)19-17(23)10-25-18-21-20-12(2)22(18)14-7-8-14/h3-6,9,11,14H,7-8,10H2,1-2H3,(H,19,23)/t11-/m0/s1. The van der Waals surface area contributed by atoms with E-state index in [1.807, 2.05) is 44.2 Å². The molecule has 1 saturated carbocycles. The molecule has 1 aromatic carbocycles. The fourth-order valence-corrected chi connectivity index (χ4v) is 3.76. The Morgan fingerprint density at radius 1 is 1.40 bits per heavy atom. The van der Waals surface area contributed by atoms with Gasteiger partial charge in [-0.3, -0.25) is 4.79 Å². The topological polar surface area (TPSA) is 73.0 Å². The Kier molecular flexibility index (Phi) is 4.25. The number of hydrogen-bond acceptors (Lipinski definition) is 5. The summed E-state index contributed by atoms with van der Waals surface area (Å²) in [6.45, 7) is 3.89. The molecule has 3 aromatic rings. The minimum Gasteiger partial charge on any atom is -0.459 e. The van der Waals surface area contributed by atoms with Gasteiger partial charge in [0.2, 0.25) is 5.91 Å². The van der Waals surface area contributed by atoms with Gasteiger partial charge in [0.1, 0.15) is 17.2 Å². The van der Waals surface area contributed by atoms with Crippen molar-refractivity contribution in [2.75, 3.05) is 5.75 Å². The minimum atomic E-state index is -0.177. The molecule has 0 aliphatic heterocycles. The molecule has 1 atom stereocenters. The Balaban J connectivity index is 1.37. The summed E-state index contributed by atoms with van der Waals surface area (Å²) in [4.78, 5) is 12.3. The van der Waals surface area contributed by atoms with Gasteiger partial charge >= 0.3 is 0 Å². The lowest BCUT2D eigenvalue weighted by Gasteiger charge is -2.11. The average Bonchev–Trinajstić information content (AvgIpc) is 3.22. The number of amides is 1. The molecule has 7 heteroatoms. The van der Waals surface area contributed by atoms with E-state index in [-0.39, 0.29) is 11.9 Å². The van der Waals surface area contributed by atoms with E-state index >= 15 is 0 Å². The van der Waals surface area contributed by atoms with Gasteiger partial charge in [-0.1, -0.05) is 30.0 Å². The highest BCUT2D eigenvalue weighted by atomic mass is 32.2. The Hall–Kier alpha value is -2.28. The Bertz CT molecular complexity index is 880. The molecule has 0 saturated heterocycles. The highest BCUT2D eigenvalue weighted by molar-refractivity contribution is 7.99. The maximum Gasteiger partial charge on any atom is 0.231 e. The Morgan fingerprint density at radius 2 is 2.20 bits per heavy atom. The van der Waals surface area contributed by atoms with E-state index < -0.39 is 0 Å². The van der Waals surface area contributed by atoms with Crippen LogP contribution in [0, 0.1) is 6.92 Å². The molecular weight excluding hydrogens is 336 g/mol. The molecule has 4 rings (SSSR count). The first-order valence-corrected chi connectivity index (χ1v) is 9.42.